The number of rotatable bonds is 6. The van der Waals surface area contributed by atoms with E-state index in [0.29, 0.717) is 23.7 Å². The van der Waals surface area contributed by atoms with Gasteiger partial charge in [-0.1, -0.05) is 0 Å². The number of fused-ring (bicyclic) bond motifs is 1. The van der Waals surface area contributed by atoms with Gasteiger partial charge in [0.15, 0.2) is 0 Å². The summed E-state index contributed by atoms with van der Waals surface area (Å²) in [6, 6.07) is 6.77. The van der Waals surface area contributed by atoms with Gasteiger partial charge in [0.2, 0.25) is 0 Å². The minimum absolute atomic E-state index is 0.123. The molecule has 156 valence electrons. The zero-order valence-corrected chi connectivity index (χ0v) is 16.0. The molecule has 0 aromatic heterocycles. The average molecular weight is 414 g/mol. The molecule has 4 amide bonds. The van der Waals surface area contributed by atoms with Gasteiger partial charge in [0.1, 0.15) is 11.6 Å². The van der Waals surface area contributed by atoms with Gasteiger partial charge in [0.25, 0.3) is 11.8 Å². The quantitative estimate of drug-likeness (QED) is 0.678. The summed E-state index contributed by atoms with van der Waals surface area (Å²) in [5.41, 5.74) is 1.42. The van der Waals surface area contributed by atoms with Gasteiger partial charge in [-0.3, -0.25) is 14.9 Å². The Morgan fingerprint density at radius 2 is 1.83 bits per heavy atom. The molecule has 0 saturated heterocycles. The van der Waals surface area contributed by atoms with Gasteiger partial charge in [-0.05, 0) is 60.7 Å². The Hall–Kier alpha value is -3.49. The average Bonchev–Trinajstić information content (AvgIpc) is 3.50. The number of halogens is 2. The molecule has 0 radical (unpaired) electrons. The normalized spacial score (nSPS) is 15.0. The highest BCUT2D eigenvalue weighted by Gasteiger charge is 2.29. The zero-order chi connectivity index (χ0) is 21.3. The van der Waals surface area contributed by atoms with Crippen LogP contribution < -0.4 is 16.0 Å². The maximum absolute atomic E-state index is 14.3. The van der Waals surface area contributed by atoms with E-state index in [4.69, 9.17) is 0 Å². The van der Waals surface area contributed by atoms with Crippen molar-refractivity contribution in [2.24, 2.45) is 5.92 Å². The van der Waals surface area contributed by atoms with Crippen molar-refractivity contribution in [1.82, 2.24) is 15.5 Å². The molecule has 7 nitrogen and oxygen atoms in total. The monoisotopic (exact) mass is 414 g/mol. The van der Waals surface area contributed by atoms with Crippen LogP contribution in [0.15, 0.2) is 36.4 Å². The third-order valence-corrected chi connectivity index (χ3v) is 5.11. The van der Waals surface area contributed by atoms with Crippen molar-refractivity contribution >= 4 is 23.5 Å². The van der Waals surface area contributed by atoms with Crippen molar-refractivity contribution in [3.05, 3.63) is 64.7 Å². The predicted molar refractivity (Wildman–Crippen MR) is 105 cm³/mol. The van der Waals surface area contributed by atoms with E-state index < -0.39 is 29.5 Å². The Labute approximate surface area is 171 Å². The van der Waals surface area contributed by atoms with Crippen LogP contribution in [0.4, 0.5) is 19.3 Å². The standard InChI is InChI=1S/C21H20F2N4O3/c22-15-5-3-13(4-6-15)19(28)26-21(30)25-11-27-10-14-7-18(24-9-12-1-2-12)17(23)8-16(14)20(27)29/h3-8,12,24H,1-2,9-11H2,(H2,25,26,28,30). The third-order valence-electron chi connectivity index (χ3n) is 5.11. The van der Waals surface area contributed by atoms with Crippen LogP contribution in [-0.2, 0) is 6.54 Å². The predicted octanol–water partition coefficient (Wildman–Crippen LogP) is 2.84. The second-order valence-electron chi connectivity index (χ2n) is 7.44. The summed E-state index contributed by atoms with van der Waals surface area (Å²) in [4.78, 5) is 37.8. The van der Waals surface area contributed by atoms with Gasteiger partial charge < -0.3 is 15.5 Å². The van der Waals surface area contributed by atoms with Gasteiger partial charge >= 0.3 is 6.03 Å². The Morgan fingerprint density at radius 3 is 2.53 bits per heavy atom. The molecule has 0 spiro atoms. The number of nitrogens with one attached hydrogen (secondary N) is 3. The van der Waals surface area contributed by atoms with Gasteiger partial charge in [0, 0.05) is 24.2 Å². The van der Waals surface area contributed by atoms with Gasteiger partial charge in [-0.2, -0.15) is 0 Å². The van der Waals surface area contributed by atoms with Gasteiger partial charge in [-0.25, -0.2) is 13.6 Å². The number of hydrogen-bond donors (Lipinski definition) is 3. The maximum Gasteiger partial charge on any atom is 0.323 e. The number of imide groups is 1. The number of benzene rings is 2. The van der Waals surface area contributed by atoms with Crippen molar-refractivity contribution in [3.8, 4) is 0 Å². The Bertz CT molecular complexity index is 1010. The van der Waals surface area contributed by atoms with E-state index in [2.05, 4.69) is 16.0 Å². The Kier molecular flexibility index (Phi) is 5.35. The molecule has 0 bridgehead atoms. The van der Waals surface area contributed by atoms with Crippen molar-refractivity contribution < 1.29 is 23.2 Å². The SMILES string of the molecule is O=C(NCN1Cc2cc(NCC3CC3)c(F)cc2C1=O)NC(=O)c1ccc(F)cc1. The number of amides is 4. The Balaban J connectivity index is 1.32. The fourth-order valence-corrected chi connectivity index (χ4v) is 3.22. The molecule has 2 aromatic rings. The second-order valence-corrected chi connectivity index (χ2v) is 7.44. The van der Waals surface area contributed by atoms with E-state index in [1.165, 1.54) is 23.1 Å². The molecule has 30 heavy (non-hydrogen) atoms. The molecule has 1 aliphatic carbocycles. The topological polar surface area (TPSA) is 90.5 Å². The van der Waals surface area contributed by atoms with Crippen LogP contribution in [0.2, 0.25) is 0 Å². The highest BCUT2D eigenvalue weighted by Crippen LogP contribution is 2.31. The molecular formula is C21H20F2N4O3. The van der Waals surface area contributed by atoms with Crippen molar-refractivity contribution in [2.75, 3.05) is 18.5 Å². The van der Waals surface area contributed by atoms with Crippen LogP contribution in [0, 0.1) is 17.6 Å². The lowest BCUT2D eigenvalue weighted by Gasteiger charge is -2.16. The first kappa shape index (κ1) is 19.8. The van der Waals surface area contributed by atoms with E-state index >= 15 is 0 Å². The summed E-state index contributed by atoms with van der Waals surface area (Å²) in [7, 11) is 0. The summed E-state index contributed by atoms with van der Waals surface area (Å²) >= 11 is 0. The number of urea groups is 1. The summed E-state index contributed by atoms with van der Waals surface area (Å²) < 4.78 is 27.2. The number of carbonyl (C=O) groups is 3. The first-order valence-electron chi connectivity index (χ1n) is 9.61. The number of carbonyl (C=O) groups excluding carboxylic acids is 3. The molecule has 1 aliphatic heterocycles. The van der Waals surface area contributed by atoms with E-state index in [1.807, 2.05) is 0 Å². The molecule has 4 rings (SSSR count). The minimum Gasteiger partial charge on any atom is -0.382 e. The highest BCUT2D eigenvalue weighted by atomic mass is 19.1. The lowest BCUT2D eigenvalue weighted by molar-refractivity contribution is 0.0770. The van der Waals surface area contributed by atoms with Crippen molar-refractivity contribution in [1.29, 1.82) is 0 Å². The summed E-state index contributed by atoms with van der Waals surface area (Å²) in [5, 5.41) is 7.62. The molecule has 3 N–H and O–H groups in total. The molecule has 2 aromatic carbocycles. The van der Waals surface area contributed by atoms with Crippen LogP contribution in [-0.4, -0.2) is 36.0 Å². The van der Waals surface area contributed by atoms with Crippen molar-refractivity contribution in [3.63, 3.8) is 0 Å². The molecule has 1 fully saturated rings. The van der Waals surface area contributed by atoms with E-state index in [9.17, 15) is 23.2 Å². The smallest absolute Gasteiger partial charge is 0.323 e. The zero-order valence-electron chi connectivity index (χ0n) is 16.0. The largest absolute Gasteiger partial charge is 0.382 e. The fourth-order valence-electron chi connectivity index (χ4n) is 3.22. The van der Waals surface area contributed by atoms with Crippen LogP contribution in [0.25, 0.3) is 0 Å². The molecule has 9 heteroatoms. The van der Waals surface area contributed by atoms with Crippen LogP contribution in [0.5, 0.6) is 0 Å². The fraction of sp³-hybridized carbons (Fsp3) is 0.286. The minimum atomic E-state index is -0.800. The number of nitrogens with zero attached hydrogens (tertiary/aromatic N) is 1. The van der Waals surface area contributed by atoms with Gasteiger partial charge in [0.05, 0.1) is 12.4 Å². The summed E-state index contributed by atoms with van der Waals surface area (Å²) in [6.45, 7) is 0.776. The first-order chi connectivity index (χ1) is 14.4. The van der Waals surface area contributed by atoms with Crippen LogP contribution in [0.3, 0.4) is 0 Å². The second kappa shape index (κ2) is 8.10. The maximum atomic E-state index is 14.3. The van der Waals surface area contributed by atoms with E-state index in [-0.39, 0.29) is 24.3 Å². The third kappa shape index (κ3) is 4.40. The highest BCUT2D eigenvalue weighted by molar-refractivity contribution is 6.04. The van der Waals surface area contributed by atoms with Crippen molar-refractivity contribution in [2.45, 2.75) is 19.4 Å². The summed E-state index contributed by atoms with van der Waals surface area (Å²) in [6.07, 6.45) is 2.28. The summed E-state index contributed by atoms with van der Waals surface area (Å²) in [5.74, 6) is -1.50. The number of hydrogen-bond acceptors (Lipinski definition) is 4. The van der Waals surface area contributed by atoms with E-state index in [1.54, 1.807) is 6.07 Å². The Morgan fingerprint density at radius 1 is 1.10 bits per heavy atom. The lowest BCUT2D eigenvalue weighted by atomic mass is 10.1. The molecule has 0 atom stereocenters. The van der Waals surface area contributed by atoms with Gasteiger partial charge in [-0.15, -0.1) is 0 Å². The lowest BCUT2D eigenvalue weighted by Crippen LogP contribution is -2.44. The van der Waals surface area contributed by atoms with Crippen LogP contribution >= 0.6 is 0 Å². The van der Waals surface area contributed by atoms with E-state index in [0.717, 1.165) is 25.0 Å². The number of anilines is 1. The first-order valence-corrected chi connectivity index (χ1v) is 9.61. The molecule has 1 heterocycles. The molecule has 2 aliphatic rings. The molecule has 1 saturated carbocycles. The molecular weight excluding hydrogens is 394 g/mol. The molecule has 0 unspecified atom stereocenters. The van der Waals surface area contributed by atoms with Crippen LogP contribution in [0.1, 0.15) is 39.1 Å².